The first-order valence-electron chi connectivity index (χ1n) is 6.94. The summed E-state index contributed by atoms with van der Waals surface area (Å²) in [5, 5.41) is 6.65. The van der Waals surface area contributed by atoms with Crippen LogP contribution < -0.4 is 10.6 Å². The first-order chi connectivity index (χ1) is 8.36. The van der Waals surface area contributed by atoms with Crippen molar-refractivity contribution in [3.8, 4) is 0 Å². The van der Waals surface area contributed by atoms with Crippen LogP contribution in [0.4, 0.5) is 0 Å². The molecule has 0 spiro atoms. The Morgan fingerprint density at radius 2 is 1.94 bits per heavy atom. The second-order valence-corrected chi connectivity index (χ2v) is 5.19. The molecule has 2 N–H and O–H groups in total. The predicted octanol–water partition coefficient (Wildman–Crippen LogP) is 0.919. The van der Waals surface area contributed by atoms with Crippen LogP contribution in [0.15, 0.2) is 0 Å². The lowest BCUT2D eigenvalue weighted by atomic mass is 9.96. The molecule has 2 rings (SSSR count). The lowest BCUT2D eigenvalue weighted by Crippen LogP contribution is -2.33. The molecule has 0 bridgehead atoms. The predicted molar refractivity (Wildman–Crippen MR) is 66.8 cm³/mol. The lowest BCUT2D eigenvalue weighted by Gasteiger charge is -2.24. The highest BCUT2D eigenvalue weighted by molar-refractivity contribution is 5.72. The highest BCUT2D eigenvalue weighted by atomic mass is 16.5. The Balaban J connectivity index is 1.58. The van der Waals surface area contributed by atoms with E-state index in [0.29, 0.717) is 12.5 Å². The molecule has 0 radical (unpaired) electrons. The van der Waals surface area contributed by atoms with Gasteiger partial charge in [-0.15, -0.1) is 0 Å². The van der Waals surface area contributed by atoms with E-state index in [1.165, 1.54) is 12.8 Å². The summed E-state index contributed by atoms with van der Waals surface area (Å²) < 4.78 is 5.39. The van der Waals surface area contributed by atoms with Crippen LogP contribution in [0, 0.1) is 11.8 Å². The minimum Gasteiger partial charge on any atom is -0.465 e. The molecule has 2 fully saturated rings. The van der Waals surface area contributed by atoms with Crippen LogP contribution in [0.1, 0.15) is 32.1 Å². The van der Waals surface area contributed by atoms with E-state index in [0.717, 1.165) is 45.4 Å². The van der Waals surface area contributed by atoms with Crippen molar-refractivity contribution < 1.29 is 9.53 Å². The van der Waals surface area contributed by atoms with Gasteiger partial charge in [-0.25, -0.2) is 0 Å². The molecule has 4 nitrogen and oxygen atoms in total. The fraction of sp³-hybridized carbons (Fsp3) is 0.923. The first-order valence-corrected chi connectivity index (χ1v) is 6.94. The van der Waals surface area contributed by atoms with E-state index in [9.17, 15) is 4.79 Å². The number of rotatable bonds is 4. The van der Waals surface area contributed by atoms with Crippen LogP contribution in [0.5, 0.6) is 0 Å². The molecule has 2 saturated heterocycles. The first kappa shape index (κ1) is 12.8. The number of ether oxygens (including phenoxy) is 1. The Morgan fingerprint density at radius 3 is 2.65 bits per heavy atom. The Bertz CT molecular complexity index is 234. The molecule has 0 amide bonds. The number of hydrogen-bond donors (Lipinski definition) is 2. The van der Waals surface area contributed by atoms with E-state index in [-0.39, 0.29) is 11.9 Å². The lowest BCUT2D eigenvalue weighted by molar-refractivity contribution is -0.149. The number of carbonyl (C=O) groups excluding carboxylic acids is 1. The molecule has 1 unspecified atom stereocenters. The van der Waals surface area contributed by atoms with Crippen LogP contribution in [0.2, 0.25) is 0 Å². The second-order valence-electron chi connectivity index (χ2n) is 5.19. The standard InChI is InChI=1S/C13H24N2O2/c16-13(12-3-7-14-8-4-12)17-9-5-11-2-1-6-15-10-11/h11-12,14-15H,1-10H2. The highest BCUT2D eigenvalue weighted by Gasteiger charge is 2.22. The zero-order valence-corrected chi connectivity index (χ0v) is 10.5. The van der Waals surface area contributed by atoms with Crippen molar-refractivity contribution in [3.63, 3.8) is 0 Å². The molecular weight excluding hydrogens is 216 g/mol. The molecule has 1 atom stereocenters. The van der Waals surface area contributed by atoms with Crippen LogP contribution in [0.3, 0.4) is 0 Å². The third-order valence-electron chi connectivity index (χ3n) is 3.84. The van der Waals surface area contributed by atoms with Gasteiger partial charge in [0.25, 0.3) is 0 Å². The van der Waals surface area contributed by atoms with Crippen molar-refractivity contribution in [2.75, 3.05) is 32.8 Å². The third kappa shape index (κ3) is 4.28. The summed E-state index contributed by atoms with van der Waals surface area (Å²) in [5.41, 5.74) is 0. The van der Waals surface area contributed by atoms with Gasteiger partial charge < -0.3 is 15.4 Å². The molecule has 0 aromatic heterocycles. The van der Waals surface area contributed by atoms with Gasteiger partial charge in [0, 0.05) is 0 Å². The molecule has 4 heteroatoms. The number of hydrogen-bond acceptors (Lipinski definition) is 4. The maximum Gasteiger partial charge on any atom is 0.309 e. The Morgan fingerprint density at radius 1 is 1.12 bits per heavy atom. The Labute approximate surface area is 103 Å². The van der Waals surface area contributed by atoms with Crippen LogP contribution in [-0.4, -0.2) is 38.8 Å². The second kappa shape index (κ2) is 6.97. The summed E-state index contributed by atoms with van der Waals surface area (Å²) in [6, 6.07) is 0. The summed E-state index contributed by atoms with van der Waals surface area (Å²) in [6.45, 7) is 4.74. The Kier molecular flexibility index (Phi) is 5.26. The number of carbonyl (C=O) groups is 1. The molecule has 0 saturated carbocycles. The van der Waals surface area contributed by atoms with E-state index in [4.69, 9.17) is 4.74 Å². The van der Waals surface area contributed by atoms with Crippen LogP contribution in [-0.2, 0) is 9.53 Å². The van der Waals surface area contributed by atoms with Gasteiger partial charge in [0.1, 0.15) is 0 Å². The van der Waals surface area contributed by atoms with Crippen LogP contribution >= 0.6 is 0 Å². The van der Waals surface area contributed by atoms with Crippen molar-refractivity contribution in [3.05, 3.63) is 0 Å². The molecule has 0 aromatic rings. The topological polar surface area (TPSA) is 50.4 Å². The number of esters is 1. The van der Waals surface area contributed by atoms with Crippen molar-refractivity contribution >= 4 is 5.97 Å². The summed E-state index contributed by atoms with van der Waals surface area (Å²) in [6.07, 6.45) is 5.42. The van der Waals surface area contributed by atoms with Crippen molar-refractivity contribution in [1.82, 2.24) is 10.6 Å². The van der Waals surface area contributed by atoms with Gasteiger partial charge in [0.2, 0.25) is 0 Å². The molecule has 2 aliphatic heterocycles. The Hall–Kier alpha value is -0.610. The summed E-state index contributed by atoms with van der Waals surface area (Å²) in [7, 11) is 0. The van der Waals surface area contributed by atoms with E-state index >= 15 is 0 Å². The highest BCUT2D eigenvalue weighted by Crippen LogP contribution is 2.16. The quantitative estimate of drug-likeness (QED) is 0.717. The van der Waals surface area contributed by atoms with E-state index in [1.807, 2.05) is 0 Å². The van der Waals surface area contributed by atoms with Gasteiger partial charge in [-0.1, -0.05) is 0 Å². The number of piperidine rings is 2. The maximum absolute atomic E-state index is 11.8. The smallest absolute Gasteiger partial charge is 0.309 e. The fourth-order valence-electron chi connectivity index (χ4n) is 2.67. The molecule has 2 aliphatic rings. The fourth-order valence-corrected chi connectivity index (χ4v) is 2.67. The van der Waals surface area contributed by atoms with E-state index in [2.05, 4.69) is 10.6 Å². The average molecular weight is 240 g/mol. The van der Waals surface area contributed by atoms with Gasteiger partial charge in [-0.3, -0.25) is 4.79 Å². The molecular formula is C13H24N2O2. The summed E-state index contributed by atoms with van der Waals surface area (Å²) >= 11 is 0. The van der Waals surface area contributed by atoms with Crippen molar-refractivity contribution in [1.29, 1.82) is 0 Å². The molecule has 98 valence electrons. The van der Waals surface area contributed by atoms with Gasteiger partial charge in [0.15, 0.2) is 0 Å². The summed E-state index contributed by atoms with van der Waals surface area (Å²) in [5.74, 6) is 0.862. The van der Waals surface area contributed by atoms with Gasteiger partial charge >= 0.3 is 5.97 Å². The van der Waals surface area contributed by atoms with Crippen molar-refractivity contribution in [2.45, 2.75) is 32.1 Å². The number of nitrogens with one attached hydrogen (secondary N) is 2. The average Bonchev–Trinajstić information content (AvgIpc) is 2.41. The summed E-state index contributed by atoms with van der Waals surface area (Å²) in [4.78, 5) is 11.8. The molecule has 0 aromatic carbocycles. The van der Waals surface area contributed by atoms with Gasteiger partial charge in [-0.2, -0.15) is 0 Å². The molecule has 17 heavy (non-hydrogen) atoms. The van der Waals surface area contributed by atoms with Crippen molar-refractivity contribution in [2.24, 2.45) is 11.8 Å². The van der Waals surface area contributed by atoms with E-state index in [1.54, 1.807) is 0 Å². The third-order valence-corrected chi connectivity index (χ3v) is 3.84. The molecule has 0 aliphatic carbocycles. The van der Waals surface area contributed by atoms with Crippen LogP contribution in [0.25, 0.3) is 0 Å². The monoisotopic (exact) mass is 240 g/mol. The largest absolute Gasteiger partial charge is 0.465 e. The minimum absolute atomic E-state index is 0.0234. The minimum atomic E-state index is 0.0234. The maximum atomic E-state index is 11.8. The molecule has 2 heterocycles. The normalized spacial score (nSPS) is 26.7. The van der Waals surface area contributed by atoms with Gasteiger partial charge in [0.05, 0.1) is 12.5 Å². The zero-order chi connectivity index (χ0) is 11.9. The van der Waals surface area contributed by atoms with E-state index < -0.39 is 0 Å². The van der Waals surface area contributed by atoms with Gasteiger partial charge in [-0.05, 0) is 64.2 Å². The SMILES string of the molecule is O=C(OCCC1CCCNC1)C1CCNCC1. The zero-order valence-electron chi connectivity index (χ0n) is 10.5.